The fourth-order valence-corrected chi connectivity index (χ4v) is 2.48. The van der Waals surface area contributed by atoms with E-state index in [1.165, 1.54) is 0 Å². The van der Waals surface area contributed by atoms with E-state index in [1.54, 1.807) is 0 Å². The van der Waals surface area contributed by atoms with Gasteiger partial charge in [-0.2, -0.15) is 0 Å². The van der Waals surface area contributed by atoms with Crippen molar-refractivity contribution in [3.8, 4) is 0 Å². The summed E-state index contributed by atoms with van der Waals surface area (Å²) in [7, 11) is 0. The molecular formula is C11H14O4Zr. The molecule has 2 fully saturated rings. The van der Waals surface area contributed by atoms with Gasteiger partial charge in [0.05, 0.1) is 5.97 Å². The van der Waals surface area contributed by atoms with E-state index in [2.05, 4.69) is 6.58 Å². The van der Waals surface area contributed by atoms with E-state index in [-0.39, 0.29) is 31.6 Å². The largest absolute Gasteiger partial charge is 2.00 e. The van der Waals surface area contributed by atoms with Gasteiger partial charge in [0, 0.05) is 11.4 Å². The number of carbonyl (C=O) groups excluding carboxylic acids is 2. The first-order chi connectivity index (χ1) is 7.00. The fourth-order valence-electron chi connectivity index (χ4n) is 2.48. The van der Waals surface area contributed by atoms with Crippen LogP contribution in [0.5, 0.6) is 0 Å². The minimum absolute atomic E-state index is 0. The Balaban J connectivity index is 0.000000330. The van der Waals surface area contributed by atoms with Crippen LogP contribution in [0.1, 0.15) is 32.1 Å². The predicted molar refractivity (Wildman–Crippen MR) is 49.2 cm³/mol. The van der Waals surface area contributed by atoms with E-state index < -0.39 is 11.9 Å². The van der Waals surface area contributed by atoms with Gasteiger partial charge in [-0.25, -0.2) is 0 Å². The summed E-state index contributed by atoms with van der Waals surface area (Å²) in [5, 5.41) is 19.8. The van der Waals surface area contributed by atoms with Gasteiger partial charge >= 0.3 is 26.2 Å². The normalized spacial score (nSPS) is 29.6. The van der Waals surface area contributed by atoms with Crippen molar-refractivity contribution >= 4 is 11.9 Å². The van der Waals surface area contributed by atoms with E-state index in [9.17, 15) is 9.90 Å². The minimum Gasteiger partial charge on any atom is -0.550 e. The molecule has 0 heterocycles. The number of carbonyl (C=O) groups is 2. The summed E-state index contributed by atoms with van der Waals surface area (Å²) in [4.78, 5) is 19.8. The SMILES string of the molecule is C=CC(=O)[O-].O=C([O-])C12CCC(CC1)C2.[Zr+2]. The van der Waals surface area contributed by atoms with Gasteiger partial charge in [0.1, 0.15) is 0 Å². The molecule has 2 aliphatic rings. The third kappa shape index (κ3) is 3.55. The minimum atomic E-state index is -1.23. The zero-order chi connectivity index (χ0) is 11.5. The molecule has 2 rings (SSSR count). The van der Waals surface area contributed by atoms with Gasteiger partial charge in [0.25, 0.3) is 0 Å². The van der Waals surface area contributed by atoms with E-state index in [0.29, 0.717) is 5.92 Å². The zero-order valence-corrected chi connectivity index (χ0v) is 11.5. The summed E-state index contributed by atoms with van der Waals surface area (Å²) in [6.07, 6.45) is 5.61. The molecule has 2 saturated carbocycles. The molecule has 0 N–H and O–H groups in total. The van der Waals surface area contributed by atoms with Crippen molar-refractivity contribution in [3.63, 3.8) is 0 Å². The van der Waals surface area contributed by atoms with Crippen molar-refractivity contribution in [2.75, 3.05) is 0 Å². The maximum Gasteiger partial charge on any atom is 2.00 e. The van der Waals surface area contributed by atoms with Gasteiger partial charge in [-0.15, -0.1) is 0 Å². The Morgan fingerprint density at radius 2 is 1.69 bits per heavy atom. The summed E-state index contributed by atoms with van der Waals surface area (Å²) in [5.74, 6) is -1.32. The Hall–Kier alpha value is -0.437. The van der Waals surface area contributed by atoms with Crippen molar-refractivity contribution in [2.45, 2.75) is 32.1 Å². The van der Waals surface area contributed by atoms with Crippen LogP contribution >= 0.6 is 0 Å². The van der Waals surface area contributed by atoms with Crippen molar-refractivity contribution in [2.24, 2.45) is 11.3 Å². The molecule has 2 aliphatic carbocycles. The first-order valence-corrected chi connectivity index (χ1v) is 5.05. The second-order valence-electron chi connectivity index (χ2n) is 4.24. The van der Waals surface area contributed by atoms with Crippen molar-refractivity contribution in [1.82, 2.24) is 0 Å². The van der Waals surface area contributed by atoms with E-state index in [0.717, 1.165) is 38.2 Å². The van der Waals surface area contributed by atoms with E-state index in [4.69, 9.17) is 9.90 Å². The molecule has 0 unspecified atom stereocenters. The second kappa shape index (κ2) is 6.34. The number of hydrogen-bond donors (Lipinski definition) is 0. The van der Waals surface area contributed by atoms with Crippen LogP contribution in [-0.4, -0.2) is 11.9 Å². The smallest absolute Gasteiger partial charge is 0.550 e. The summed E-state index contributed by atoms with van der Waals surface area (Å²) >= 11 is 0. The average molecular weight is 301 g/mol. The van der Waals surface area contributed by atoms with E-state index >= 15 is 0 Å². The standard InChI is InChI=1S/C8H12O2.C3H4O2.Zr/c9-7(10)8-3-1-6(5-8)2-4-8;1-2-3(4)5;/h6H,1-5H2,(H,9,10);2H,1H2,(H,4,5);/q;;+2/p-2. The summed E-state index contributed by atoms with van der Waals surface area (Å²) in [6, 6.07) is 0. The maximum atomic E-state index is 10.7. The molecule has 2 bridgehead atoms. The van der Waals surface area contributed by atoms with Crippen LogP contribution in [0.15, 0.2) is 12.7 Å². The Labute approximate surface area is 114 Å². The Bertz CT molecular complexity index is 280. The van der Waals surface area contributed by atoms with Crippen LogP contribution in [0.3, 0.4) is 0 Å². The topological polar surface area (TPSA) is 80.3 Å². The second-order valence-corrected chi connectivity index (χ2v) is 4.24. The Morgan fingerprint density at radius 3 is 1.81 bits per heavy atom. The van der Waals surface area contributed by atoms with Crippen LogP contribution in [0, 0.1) is 11.3 Å². The molecule has 0 radical (unpaired) electrons. The third-order valence-corrected chi connectivity index (χ3v) is 3.34. The molecule has 86 valence electrons. The number of carboxylic acids is 2. The summed E-state index contributed by atoms with van der Waals surface area (Å²) in [5.41, 5.74) is -0.384. The van der Waals surface area contributed by atoms with Gasteiger partial charge < -0.3 is 19.8 Å². The van der Waals surface area contributed by atoms with Crippen molar-refractivity contribution in [1.29, 1.82) is 0 Å². The number of carboxylic acid groups (broad SMARTS) is 2. The zero-order valence-electron chi connectivity index (χ0n) is 9.03. The van der Waals surface area contributed by atoms with Crippen LogP contribution in [0.2, 0.25) is 0 Å². The summed E-state index contributed by atoms with van der Waals surface area (Å²) in [6.45, 7) is 2.90. The van der Waals surface area contributed by atoms with Crippen molar-refractivity contribution < 1.29 is 46.0 Å². The average Bonchev–Trinajstić information content (AvgIpc) is 2.79. The fraction of sp³-hybridized carbons (Fsp3) is 0.636. The van der Waals surface area contributed by atoms with Gasteiger partial charge in [-0.3, -0.25) is 0 Å². The number of aliphatic carboxylic acids is 2. The molecule has 0 saturated heterocycles. The van der Waals surface area contributed by atoms with Crippen molar-refractivity contribution in [3.05, 3.63) is 12.7 Å². The number of rotatable bonds is 2. The molecule has 0 aromatic rings. The molecule has 0 aromatic heterocycles. The Kier molecular flexibility index (Phi) is 6.16. The predicted octanol–water partition coefficient (Wildman–Crippen LogP) is -0.764. The van der Waals surface area contributed by atoms with Gasteiger partial charge in [-0.05, 0) is 44.1 Å². The van der Waals surface area contributed by atoms with E-state index in [1.807, 2.05) is 0 Å². The van der Waals surface area contributed by atoms with Gasteiger partial charge in [0.15, 0.2) is 0 Å². The molecule has 0 amide bonds. The molecular weight excluding hydrogens is 287 g/mol. The first-order valence-electron chi connectivity index (χ1n) is 5.05. The van der Waals surface area contributed by atoms with Crippen LogP contribution in [0.4, 0.5) is 0 Å². The molecule has 4 nitrogen and oxygen atoms in total. The monoisotopic (exact) mass is 300 g/mol. The Morgan fingerprint density at radius 1 is 1.25 bits per heavy atom. The third-order valence-electron chi connectivity index (χ3n) is 3.34. The maximum absolute atomic E-state index is 10.7. The number of fused-ring (bicyclic) bond motifs is 2. The van der Waals surface area contributed by atoms with Gasteiger partial charge in [0.2, 0.25) is 0 Å². The molecule has 0 spiro atoms. The first kappa shape index (κ1) is 15.6. The molecule has 0 atom stereocenters. The van der Waals surface area contributed by atoms with Crippen LogP contribution in [0.25, 0.3) is 0 Å². The van der Waals surface area contributed by atoms with Crippen LogP contribution in [-0.2, 0) is 35.8 Å². The molecule has 0 aliphatic heterocycles. The summed E-state index contributed by atoms with van der Waals surface area (Å²) < 4.78 is 0. The quantitative estimate of drug-likeness (QED) is 0.628. The molecule has 16 heavy (non-hydrogen) atoms. The molecule has 0 aromatic carbocycles. The molecule has 5 heteroatoms. The number of hydrogen-bond acceptors (Lipinski definition) is 4. The van der Waals surface area contributed by atoms with Crippen LogP contribution < -0.4 is 10.2 Å². The van der Waals surface area contributed by atoms with Gasteiger partial charge in [-0.1, -0.05) is 6.58 Å².